The van der Waals surface area contributed by atoms with Crippen LogP contribution in [-0.2, 0) is 5.41 Å². The first-order valence-electron chi connectivity index (χ1n) is 6.60. The van der Waals surface area contributed by atoms with Crippen molar-refractivity contribution in [2.45, 2.75) is 52.0 Å². The van der Waals surface area contributed by atoms with Crippen molar-refractivity contribution < 1.29 is 4.74 Å². The van der Waals surface area contributed by atoms with E-state index in [1.807, 2.05) is 13.0 Å². The van der Waals surface area contributed by atoms with E-state index in [0.717, 1.165) is 5.75 Å². The summed E-state index contributed by atoms with van der Waals surface area (Å²) >= 11 is 0. The molecule has 1 rings (SSSR count). The predicted molar refractivity (Wildman–Crippen MR) is 78.2 cm³/mol. The molecule has 19 heavy (non-hydrogen) atoms. The molecule has 0 fully saturated rings. The van der Waals surface area contributed by atoms with E-state index in [0.29, 0.717) is 13.0 Å². The topological polar surface area (TPSA) is 59.0 Å². The Hall–Kier alpha value is -1.53. The molecule has 1 unspecified atom stereocenters. The maximum Gasteiger partial charge on any atom is 0.123 e. The van der Waals surface area contributed by atoms with Crippen molar-refractivity contribution in [3.05, 3.63) is 29.3 Å². The van der Waals surface area contributed by atoms with E-state index in [1.54, 1.807) is 6.92 Å². The molecule has 0 saturated carbocycles. The van der Waals surface area contributed by atoms with Crippen molar-refractivity contribution in [3.8, 4) is 11.8 Å². The Morgan fingerprint density at radius 2 is 1.89 bits per heavy atom. The third-order valence-electron chi connectivity index (χ3n) is 3.08. The molecule has 104 valence electrons. The SMILES string of the molecule is Cc1ccc(C(C)(C)C)c(OCCC(C)(N)C#N)c1. The molecule has 3 heteroatoms. The molecular formula is C16H24N2O. The summed E-state index contributed by atoms with van der Waals surface area (Å²) < 4.78 is 5.85. The largest absolute Gasteiger partial charge is 0.493 e. The number of hydrogen-bond donors (Lipinski definition) is 1. The van der Waals surface area contributed by atoms with Gasteiger partial charge in [-0.05, 0) is 36.5 Å². The molecule has 0 aliphatic heterocycles. The van der Waals surface area contributed by atoms with Gasteiger partial charge in [0.1, 0.15) is 11.3 Å². The molecule has 1 atom stereocenters. The van der Waals surface area contributed by atoms with E-state index in [9.17, 15) is 0 Å². The van der Waals surface area contributed by atoms with Crippen molar-refractivity contribution in [1.82, 2.24) is 0 Å². The molecule has 0 aromatic heterocycles. The second-order valence-electron chi connectivity index (χ2n) is 6.38. The van der Waals surface area contributed by atoms with Gasteiger partial charge in [-0.15, -0.1) is 0 Å². The van der Waals surface area contributed by atoms with Gasteiger partial charge in [0.05, 0.1) is 12.7 Å². The highest BCUT2D eigenvalue weighted by Gasteiger charge is 2.21. The fourth-order valence-corrected chi connectivity index (χ4v) is 1.80. The molecule has 0 amide bonds. The Morgan fingerprint density at radius 3 is 2.42 bits per heavy atom. The lowest BCUT2D eigenvalue weighted by atomic mass is 9.86. The Bertz CT molecular complexity index is 479. The van der Waals surface area contributed by atoms with Gasteiger partial charge in [0, 0.05) is 6.42 Å². The summed E-state index contributed by atoms with van der Waals surface area (Å²) in [5.74, 6) is 0.890. The van der Waals surface area contributed by atoms with Crippen LogP contribution in [0.1, 0.15) is 45.2 Å². The third kappa shape index (κ3) is 4.57. The molecule has 0 saturated heterocycles. The summed E-state index contributed by atoms with van der Waals surface area (Å²) in [4.78, 5) is 0. The maximum atomic E-state index is 8.89. The number of nitrogens with zero attached hydrogens (tertiary/aromatic N) is 1. The van der Waals surface area contributed by atoms with Crippen LogP contribution < -0.4 is 10.5 Å². The van der Waals surface area contributed by atoms with Crippen LogP contribution in [0.5, 0.6) is 5.75 Å². The molecule has 0 radical (unpaired) electrons. The van der Waals surface area contributed by atoms with Crippen molar-refractivity contribution in [2.75, 3.05) is 6.61 Å². The van der Waals surface area contributed by atoms with Gasteiger partial charge < -0.3 is 10.5 Å². The van der Waals surface area contributed by atoms with Crippen LogP contribution in [0.3, 0.4) is 0 Å². The molecule has 0 heterocycles. The lowest BCUT2D eigenvalue weighted by Gasteiger charge is -2.24. The van der Waals surface area contributed by atoms with E-state index < -0.39 is 5.54 Å². The average molecular weight is 260 g/mol. The Morgan fingerprint density at radius 1 is 1.26 bits per heavy atom. The molecule has 1 aromatic rings. The van der Waals surface area contributed by atoms with E-state index in [-0.39, 0.29) is 5.41 Å². The fraction of sp³-hybridized carbons (Fsp3) is 0.562. The monoisotopic (exact) mass is 260 g/mol. The first kappa shape index (κ1) is 15.5. The smallest absolute Gasteiger partial charge is 0.123 e. The molecule has 2 N–H and O–H groups in total. The van der Waals surface area contributed by atoms with Crippen LogP contribution in [0.25, 0.3) is 0 Å². The number of aryl methyl sites for hydroxylation is 1. The summed E-state index contributed by atoms with van der Waals surface area (Å²) in [6, 6.07) is 8.32. The molecule has 0 aliphatic rings. The van der Waals surface area contributed by atoms with E-state index in [1.165, 1.54) is 11.1 Å². The molecule has 0 aliphatic carbocycles. The highest BCUT2D eigenvalue weighted by atomic mass is 16.5. The van der Waals surface area contributed by atoms with Gasteiger partial charge in [-0.3, -0.25) is 0 Å². The second-order valence-corrected chi connectivity index (χ2v) is 6.38. The number of nitriles is 1. The van der Waals surface area contributed by atoms with Gasteiger partial charge >= 0.3 is 0 Å². The minimum absolute atomic E-state index is 0.0320. The fourth-order valence-electron chi connectivity index (χ4n) is 1.80. The van der Waals surface area contributed by atoms with Crippen LogP contribution in [0.15, 0.2) is 18.2 Å². The van der Waals surface area contributed by atoms with Crippen LogP contribution >= 0.6 is 0 Å². The maximum absolute atomic E-state index is 8.89. The van der Waals surface area contributed by atoms with Crippen molar-refractivity contribution >= 4 is 0 Å². The summed E-state index contributed by atoms with van der Waals surface area (Å²) in [6.45, 7) is 10.7. The van der Waals surface area contributed by atoms with Crippen LogP contribution in [0.4, 0.5) is 0 Å². The van der Waals surface area contributed by atoms with Crippen molar-refractivity contribution in [1.29, 1.82) is 5.26 Å². The van der Waals surface area contributed by atoms with Gasteiger partial charge in [0.25, 0.3) is 0 Å². The van der Waals surface area contributed by atoms with Gasteiger partial charge in [-0.2, -0.15) is 5.26 Å². The summed E-state index contributed by atoms with van der Waals surface area (Å²) in [5.41, 5.74) is 7.34. The Kier molecular flexibility index (Phi) is 4.60. The lowest BCUT2D eigenvalue weighted by molar-refractivity contribution is 0.279. The van der Waals surface area contributed by atoms with Crippen LogP contribution in [0, 0.1) is 18.3 Å². The predicted octanol–water partition coefficient (Wildman–Crippen LogP) is 3.30. The number of hydrogen-bond acceptors (Lipinski definition) is 3. The standard InChI is InChI=1S/C16H24N2O/c1-12-6-7-13(15(2,3)4)14(10-12)19-9-8-16(5,18)11-17/h6-7,10H,8-9,18H2,1-5H3. The van der Waals surface area contributed by atoms with Gasteiger partial charge in [0.15, 0.2) is 0 Å². The molecular weight excluding hydrogens is 236 g/mol. The second kappa shape index (κ2) is 5.63. The lowest BCUT2D eigenvalue weighted by Crippen LogP contribution is -2.35. The highest BCUT2D eigenvalue weighted by molar-refractivity contribution is 5.41. The van der Waals surface area contributed by atoms with Gasteiger partial charge in [-0.25, -0.2) is 0 Å². The van der Waals surface area contributed by atoms with E-state index >= 15 is 0 Å². The first-order chi connectivity index (χ1) is 8.65. The zero-order valence-corrected chi connectivity index (χ0v) is 12.6. The molecule has 0 spiro atoms. The quantitative estimate of drug-likeness (QED) is 0.903. The molecule has 1 aromatic carbocycles. The summed E-state index contributed by atoms with van der Waals surface area (Å²) in [7, 11) is 0. The molecule has 0 bridgehead atoms. The number of ether oxygens (including phenoxy) is 1. The minimum Gasteiger partial charge on any atom is -0.493 e. The Balaban J connectivity index is 2.84. The van der Waals surface area contributed by atoms with Crippen LogP contribution in [0.2, 0.25) is 0 Å². The summed E-state index contributed by atoms with van der Waals surface area (Å²) in [5, 5.41) is 8.89. The van der Waals surface area contributed by atoms with Gasteiger partial charge in [-0.1, -0.05) is 32.9 Å². The minimum atomic E-state index is -0.828. The number of benzene rings is 1. The number of rotatable bonds is 4. The first-order valence-corrected chi connectivity index (χ1v) is 6.60. The van der Waals surface area contributed by atoms with E-state index in [4.69, 9.17) is 15.7 Å². The highest BCUT2D eigenvalue weighted by Crippen LogP contribution is 2.32. The zero-order valence-electron chi connectivity index (χ0n) is 12.6. The van der Waals surface area contributed by atoms with Crippen LogP contribution in [-0.4, -0.2) is 12.1 Å². The number of nitrogens with two attached hydrogens (primary N) is 1. The van der Waals surface area contributed by atoms with E-state index in [2.05, 4.69) is 39.0 Å². The normalized spacial score (nSPS) is 14.6. The third-order valence-corrected chi connectivity index (χ3v) is 3.08. The zero-order chi connectivity index (χ0) is 14.7. The summed E-state index contributed by atoms with van der Waals surface area (Å²) in [6.07, 6.45) is 0.515. The van der Waals surface area contributed by atoms with Crippen molar-refractivity contribution in [3.63, 3.8) is 0 Å². The molecule has 3 nitrogen and oxygen atoms in total. The Labute approximate surface area is 116 Å². The van der Waals surface area contributed by atoms with Crippen molar-refractivity contribution in [2.24, 2.45) is 5.73 Å². The van der Waals surface area contributed by atoms with Gasteiger partial charge in [0.2, 0.25) is 0 Å². The average Bonchev–Trinajstić information content (AvgIpc) is 2.27.